The van der Waals surface area contributed by atoms with E-state index in [1.807, 2.05) is 0 Å². The predicted molar refractivity (Wildman–Crippen MR) is 50.4 cm³/mol. The van der Waals surface area contributed by atoms with E-state index < -0.39 is 8.07 Å². The summed E-state index contributed by atoms with van der Waals surface area (Å²) in [7, 11) is -0.769. The molecule has 0 spiro atoms. The first-order chi connectivity index (χ1) is 5.10. The lowest BCUT2D eigenvalue weighted by Gasteiger charge is -2.32. The second-order valence-corrected chi connectivity index (χ2v) is 11.2. The Morgan fingerprint density at radius 3 is 1.91 bits per heavy atom. The summed E-state index contributed by atoms with van der Waals surface area (Å²) in [6.07, 6.45) is 4.73. The number of hydrogen-bond donors (Lipinski definition) is 0. The van der Waals surface area contributed by atoms with Crippen LogP contribution in [0.3, 0.4) is 0 Å². The fourth-order valence-corrected chi connectivity index (χ4v) is 8.58. The van der Waals surface area contributed by atoms with Crippen molar-refractivity contribution in [1.82, 2.24) is 0 Å². The second kappa shape index (κ2) is 1.48. The lowest BCUT2D eigenvalue weighted by molar-refractivity contribution is 0.339. The van der Waals surface area contributed by atoms with Crippen molar-refractivity contribution in [3.8, 4) is 0 Å². The molecule has 0 nitrogen and oxygen atoms in total. The molecule has 0 aromatic heterocycles. The van der Waals surface area contributed by atoms with Gasteiger partial charge in [-0.3, -0.25) is 0 Å². The van der Waals surface area contributed by atoms with Gasteiger partial charge in [-0.25, -0.2) is 0 Å². The van der Waals surface area contributed by atoms with Gasteiger partial charge in [0.1, 0.15) is 0 Å². The summed E-state index contributed by atoms with van der Waals surface area (Å²) in [5, 5.41) is 1.01. The molecule has 0 aromatic rings. The van der Waals surface area contributed by atoms with Crippen molar-refractivity contribution in [3.63, 3.8) is 0 Å². The first kappa shape index (κ1) is 6.70. The first-order valence-electron chi connectivity index (χ1n) is 5.10. The molecule has 0 heterocycles. The highest BCUT2D eigenvalue weighted by Gasteiger charge is 2.89. The van der Waals surface area contributed by atoms with Crippen molar-refractivity contribution in [1.29, 1.82) is 0 Å². The monoisotopic (exact) mass is 166 g/mol. The van der Waals surface area contributed by atoms with Crippen molar-refractivity contribution >= 4 is 8.07 Å². The zero-order chi connectivity index (χ0) is 7.85. The molecule has 62 valence electrons. The molecule has 0 N–H and O–H groups in total. The minimum atomic E-state index is -0.769. The summed E-state index contributed by atoms with van der Waals surface area (Å²) in [4.78, 5) is 0. The van der Waals surface area contributed by atoms with Gasteiger partial charge in [-0.05, 0) is 35.6 Å². The standard InChI is InChI=1S/C10H18Si/c1-11(2,3)10-7-5-4-6-8(10)9(7)10/h7-9H,4-6H2,1-3H3/t7-,8-,9?,10?/m0/s1. The third kappa shape index (κ3) is 0.498. The SMILES string of the molecule is C[Si](C)(C)C12C3[C@@H]1CCC[C@@H]32. The van der Waals surface area contributed by atoms with Crippen molar-refractivity contribution in [2.75, 3.05) is 0 Å². The van der Waals surface area contributed by atoms with E-state index in [1.54, 1.807) is 19.3 Å². The molecule has 0 bridgehead atoms. The van der Waals surface area contributed by atoms with Crippen molar-refractivity contribution in [3.05, 3.63) is 0 Å². The molecule has 11 heavy (non-hydrogen) atoms. The minimum absolute atomic E-state index is 0.769. The van der Waals surface area contributed by atoms with Gasteiger partial charge in [-0.15, -0.1) is 0 Å². The molecule has 0 radical (unpaired) electrons. The van der Waals surface area contributed by atoms with E-state index in [0.29, 0.717) is 0 Å². The summed E-state index contributed by atoms with van der Waals surface area (Å²) >= 11 is 0. The van der Waals surface area contributed by atoms with Gasteiger partial charge in [-0.1, -0.05) is 26.1 Å². The normalized spacial score (nSPS) is 58.6. The van der Waals surface area contributed by atoms with Crippen molar-refractivity contribution in [2.24, 2.45) is 17.8 Å². The fraction of sp³-hybridized carbons (Fsp3) is 1.00. The van der Waals surface area contributed by atoms with Crippen molar-refractivity contribution in [2.45, 2.75) is 43.9 Å². The Morgan fingerprint density at radius 1 is 1.09 bits per heavy atom. The molecule has 3 fully saturated rings. The summed E-state index contributed by atoms with van der Waals surface area (Å²) in [6, 6.07) is 0. The first-order valence-corrected chi connectivity index (χ1v) is 8.60. The van der Waals surface area contributed by atoms with Gasteiger partial charge in [0.2, 0.25) is 0 Å². The van der Waals surface area contributed by atoms with Gasteiger partial charge in [0.25, 0.3) is 0 Å². The molecular weight excluding hydrogens is 148 g/mol. The van der Waals surface area contributed by atoms with Gasteiger partial charge >= 0.3 is 0 Å². The molecular formula is C10H18Si. The highest BCUT2D eigenvalue weighted by Crippen LogP contribution is 2.97. The zero-order valence-electron chi connectivity index (χ0n) is 7.85. The van der Waals surface area contributed by atoms with Crippen LogP contribution < -0.4 is 0 Å². The van der Waals surface area contributed by atoms with Crippen LogP contribution in [0.25, 0.3) is 0 Å². The molecule has 3 saturated carbocycles. The fourth-order valence-electron chi connectivity index (χ4n) is 4.47. The van der Waals surface area contributed by atoms with Crippen LogP contribution in [0.1, 0.15) is 19.3 Å². The molecule has 0 amide bonds. The molecule has 3 rings (SSSR count). The van der Waals surface area contributed by atoms with Gasteiger partial charge in [0.05, 0.1) is 8.07 Å². The average molecular weight is 166 g/mol. The third-order valence-electron chi connectivity index (χ3n) is 4.76. The van der Waals surface area contributed by atoms with Gasteiger partial charge in [-0.2, -0.15) is 0 Å². The molecule has 2 atom stereocenters. The Morgan fingerprint density at radius 2 is 1.64 bits per heavy atom. The van der Waals surface area contributed by atoms with Crippen LogP contribution in [-0.4, -0.2) is 8.07 Å². The number of rotatable bonds is 1. The molecule has 0 unspecified atom stereocenters. The minimum Gasteiger partial charge on any atom is -0.0691 e. The lowest BCUT2D eigenvalue weighted by Crippen LogP contribution is -2.31. The van der Waals surface area contributed by atoms with Crippen LogP contribution in [-0.2, 0) is 0 Å². The Hall–Kier alpha value is 0.217. The molecule has 0 aliphatic heterocycles. The molecule has 1 heteroatoms. The van der Waals surface area contributed by atoms with E-state index in [9.17, 15) is 0 Å². The van der Waals surface area contributed by atoms with Crippen LogP contribution in [0, 0.1) is 17.8 Å². The summed E-state index contributed by atoms with van der Waals surface area (Å²) in [6.45, 7) is 7.77. The van der Waals surface area contributed by atoms with Crippen LogP contribution in [0.2, 0.25) is 24.7 Å². The highest BCUT2D eigenvalue weighted by molar-refractivity contribution is 6.81. The van der Waals surface area contributed by atoms with Crippen LogP contribution in [0.5, 0.6) is 0 Å². The van der Waals surface area contributed by atoms with E-state index >= 15 is 0 Å². The summed E-state index contributed by atoms with van der Waals surface area (Å²) < 4.78 is 0. The Balaban J connectivity index is 1.91. The molecule has 0 aromatic carbocycles. The summed E-state index contributed by atoms with van der Waals surface area (Å²) in [5.41, 5.74) is 0. The topological polar surface area (TPSA) is 0 Å². The Bertz CT molecular complexity index is 192. The quantitative estimate of drug-likeness (QED) is 0.525. The van der Waals surface area contributed by atoms with E-state index in [1.165, 1.54) is 17.8 Å². The van der Waals surface area contributed by atoms with E-state index in [0.717, 1.165) is 5.04 Å². The Kier molecular flexibility index (Phi) is 0.902. The zero-order valence-corrected chi connectivity index (χ0v) is 8.85. The van der Waals surface area contributed by atoms with E-state index in [-0.39, 0.29) is 0 Å². The average Bonchev–Trinajstić information content (AvgIpc) is 2.72. The number of hydrogen-bond acceptors (Lipinski definition) is 0. The predicted octanol–water partition coefficient (Wildman–Crippen LogP) is 3.12. The second-order valence-electron chi connectivity index (χ2n) is 5.85. The smallest absolute Gasteiger partial charge is 0.0516 e. The van der Waals surface area contributed by atoms with Gasteiger partial charge in [0.15, 0.2) is 0 Å². The largest absolute Gasteiger partial charge is 0.0691 e. The molecule has 3 aliphatic carbocycles. The Labute approximate surface area is 70.4 Å². The van der Waals surface area contributed by atoms with E-state index in [4.69, 9.17) is 0 Å². The lowest BCUT2D eigenvalue weighted by atomic mass is 9.88. The van der Waals surface area contributed by atoms with Gasteiger partial charge < -0.3 is 0 Å². The van der Waals surface area contributed by atoms with Crippen LogP contribution >= 0.6 is 0 Å². The maximum atomic E-state index is 2.59. The highest BCUT2D eigenvalue weighted by atomic mass is 28.3. The maximum absolute atomic E-state index is 2.59. The molecule has 3 aliphatic rings. The van der Waals surface area contributed by atoms with Crippen LogP contribution in [0.15, 0.2) is 0 Å². The third-order valence-corrected chi connectivity index (χ3v) is 8.43. The number of fused-ring (bicyclic) bond motifs is 2. The van der Waals surface area contributed by atoms with E-state index in [2.05, 4.69) is 19.6 Å². The van der Waals surface area contributed by atoms with Gasteiger partial charge in [0, 0.05) is 0 Å². The summed E-state index contributed by atoms with van der Waals surface area (Å²) in [5.74, 6) is 3.71. The van der Waals surface area contributed by atoms with Crippen molar-refractivity contribution < 1.29 is 0 Å². The van der Waals surface area contributed by atoms with Crippen LogP contribution in [0.4, 0.5) is 0 Å². The molecule has 0 saturated heterocycles. The maximum Gasteiger partial charge on any atom is 0.0516 e.